The molecule has 0 saturated heterocycles. The Bertz CT molecular complexity index is 997. The molecule has 2 aromatic carbocycles. The maximum Gasteiger partial charge on any atom is 0.343 e. The third-order valence-corrected chi connectivity index (χ3v) is 4.57. The Labute approximate surface area is 159 Å². The molecule has 7 heteroatoms. The van der Waals surface area contributed by atoms with Gasteiger partial charge in [-0.2, -0.15) is 0 Å². The minimum Gasteiger partial charge on any atom is -0.490 e. The molecule has 138 valence electrons. The monoisotopic (exact) mass is 387 g/mol. The quantitative estimate of drug-likeness (QED) is 0.601. The molecule has 1 aliphatic heterocycles. The van der Waals surface area contributed by atoms with Gasteiger partial charge in [0.25, 0.3) is 0 Å². The van der Waals surface area contributed by atoms with Crippen molar-refractivity contribution in [1.82, 2.24) is 5.16 Å². The lowest BCUT2D eigenvalue weighted by molar-refractivity contribution is 0.0459. The molecule has 0 amide bonds. The van der Waals surface area contributed by atoms with Gasteiger partial charge in [0.05, 0.1) is 5.02 Å². The van der Waals surface area contributed by atoms with Gasteiger partial charge < -0.3 is 14.0 Å². The summed E-state index contributed by atoms with van der Waals surface area (Å²) in [5, 5.41) is 3.90. The first kappa shape index (κ1) is 17.5. The van der Waals surface area contributed by atoms with Crippen LogP contribution >= 0.6 is 11.6 Å². The fraction of sp³-hybridized carbons (Fsp3) is 0.200. The SMILES string of the molecule is CC1Cc2cc(-c3cc(COC(=O)c4c(F)cccc4Cl)no3)ccc2O1. The van der Waals surface area contributed by atoms with Crippen molar-refractivity contribution in [3.8, 4) is 17.1 Å². The molecule has 0 radical (unpaired) electrons. The van der Waals surface area contributed by atoms with E-state index in [9.17, 15) is 9.18 Å². The van der Waals surface area contributed by atoms with Crippen LogP contribution in [-0.4, -0.2) is 17.2 Å². The van der Waals surface area contributed by atoms with Crippen LogP contribution < -0.4 is 4.74 Å². The molecule has 5 nitrogen and oxygen atoms in total. The molecule has 0 bridgehead atoms. The molecule has 4 rings (SSSR count). The van der Waals surface area contributed by atoms with E-state index in [1.807, 2.05) is 25.1 Å². The van der Waals surface area contributed by atoms with Gasteiger partial charge >= 0.3 is 5.97 Å². The third kappa shape index (κ3) is 3.53. The van der Waals surface area contributed by atoms with E-state index in [0.29, 0.717) is 11.5 Å². The lowest BCUT2D eigenvalue weighted by atomic mass is 10.1. The number of ether oxygens (including phenoxy) is 2. The smallest absolute Gasteiger partial charge is 0.343 e. The fourth-order valence-electron chi connectivity index (χ4n) is 3.00. The summed E-state index contributed by atoms with van der Waals surface area (Å²) in [5.74, 6) is -0.164. The molecule has 1 aliphatic rings. The van der Waals surface area contributed by atoms with Crippen molar-refractivity contribution in [2.24, 2.45) is 0 Å². The number of benzene rings is 2. The summed E-state index contributed by atoms with van der Waals surface area (Å²) in [5.41, 5.74) is 2.08. The Hall–Kier alpha value is -2.86. The molecule has 0 aliphatic carbocycles. The molecule has 27 heavy (non-hydrogen) atoms. The van der Waals surface area contributed by atoms with Crippen LogP contribution in [-0.2, 0) is 17.8 Å². The zero-order valence-electron chi connectivity index (χ0n) is 14.4. The average Bonchev–Trinajstić information content (AvgIpc) is 3.24. The van der Waals surface area contributed by atoms with Gasteiger partial charge in [0.1, 0.15) is 35.5 Å². The summed E-state index contributed by atoms with van der Waals surface area (Å²) in [6, 6.07) is 11.4. The maximum absolute atomic E-state index is 13.8. The van der Waals surface area contributed by atoms with Crippen molar-refractivity contribution in [3.05, 3.63) is 70.1 Å². The number of rotatable bonds is 4. The van der Waals surface area contributed by atoms with Crippen LogP contribution in [0.1, 0.15) is 28.5 Å². The molecular weight excluding hydrogens is 373 g/mol. The minimum absolute atomic E-state index is 0.00423. The van der Waals surface area contributed by atoms with Gasteiger partial charge in [-0.05, 0) is 42.8 Å². The number of esters is 1. The van der Waals surface area contributed by atoms with Gasteiger partial charge in [0.15, 0.2) is 5.76 Å². The second-order valence-electron chi connectivity index (χ2n) is 6.31. The predicted molar refractivity (Wildman–Crippen MR) is 96.3 cm³/mol. The van der Waals surface area contributed by atoms with Crippen molar-refractivity contribution >= 4 is 17.6 Å². The average molecular weight is 388 g/mol. The largest absolute Gasteiger partial charge is 0.490 e. The Morgan fingerprint density at radius 2 is 2.19 bits per heavy atom. The lowest BCUT2D eigenvalue weighted by Gasteiger charge is -2.05. The first-order valence-corrected chi connectivity index (χ1v) is 8.76. The number of aromatic nitrogens is 1. The van der Waals surface area contributed by atoms with Gasteiger partial charge in [0.2, 0.25) is 0 Å². The summed E-state index contributed by atoms with van der Waals surface area (Å²) >= 11 is 5.86. The molecule has 0 fully saturated rings. The summed E-state index contributed by atoms with van der Waals surface area (Å²) in [7, 11) is 0. The summed E-state index contributed by atoms with van der Waals surface area (Å²) in [6.45, 7) is 1.86. The van der Waals surface area contributed by atoms with Gasteiger partial charge in [-0.15, -0.1) is 0 Å². The minimum atomic E-state index is -0.855. The third-order valence-electron chi connectivity index (χ3n) is 4.26. The topological polar surface area (TPSA) is 61.6 Å². The van der Waals surface area contributed by atoms with E-state index < -0.39 is 11.8 Å². The summed E-state index contributed by atoms with van der Waals surface area (Å²) in [6.07, 6.45) is 0.996. The van der Waals surface area contributed by atoms with Gasteiger partial charge in [0, 0.05) is 18.1 Å². The highest BCUT2D eigenvalue weighted by Crippen LogP contribution is 2.33. The van der Waals surface area contributed by atoms with E-state index in [4.69, 9.17) is 25.6 Å². The van der Waals surface area contributed by atoms with Crippen LogP contribution in [0.3, 0.4) is 0 Å². The normalized spacial score (nSPS) is 15.3. The Kier molecular flexibility index (Phi) is 4.58. The number of carbonyl (C=O) groups is 1. The van der Waals surface area contributed by atoms with E-state index in [1.165, 1.54) is 12.1 Å². The highest BCUT2D eigenvalue weighted by molar-refractivity contribution is 6.33. The van der Waals surface area contributed by atoms with Crippen molar-refractivity contribution in [1.29, 1.82) is 0 Å². The number of nitrogens with zero attached hydrogens (tertiary/aromatic N) is 1. The van der Waals surface area contributed by atoms with Crippen molar-refractivity contribution in [2.75, 3.05) is 0 Å². The van der Waals surface area contributed by atoms with E-state index in [2.05, 4.69) is 5.16 Å². The highest BCUT2D eigenvalue weighted by atomic mass is 35.5. The first-order chi connectivity index (χ1) is 13.0. The van der Waals surface area contributed by atoms with Crippen molar-refractivity contribution < 1.29 is 23.2 Å². The van der Waals surface area contributed by atoms with E-state index in [1.54, 1.807) is 6.07 Å². The van der Waals surface area contributed by atoms with Crippen LogP contribution in [0, 0.1) is 5.82 Å². The zero-order chi connectivity index (χ0) is 19.0. The molecule has 0 saturated carbocycles. The maximum atomic E-state index is 13.8. The molecule has 2 heterocycles. The van der Waals surface area contributed by atoms with Crippen molar-refractivity contribution in [2.45, 2.75) is 26.1 Å². The Morgan fingerprint density at radius 3 is 3.00 bits per heavy atom. The van der Waals surface area contributed by atoms with Gasteiger partial charge in [-0.25, -0.2) is 9.18 Å². The second-order valence-corrected chi connectivity index (χ2v) is 6.72. The first-order valence-electron chi connectivity index (χ1n) is 8.38. The molecule has 0 N–H and O–H groups in total. The molecule has 1 unspecified atom stereocenters. The van der Waals surface area contributed by atoms with E-state index >= 15 is 0 Å². The summed E-state index contributed by atoms with van der Waals surface area (Å²) < 4.78 is 29.9. The fourth-order valence-corrected chi connectivity index (χ4v) is 3.24. The Balaban J connectivity index is 1.46. The number of hydrogen-bond acceptors (Lipinski definition) is 5. The lowest BCUT2D eigenvalue weighted by Crippen LogP contribution is -2.08. The molecular formula is C20H15ClFNO4. The van der Waals surface area contributed by atoms with Crippen LogP contribution in [0.2, 0.25) is 5.02 Å². The summed E-state index contributed by atoms with van der Waals surface area (Å²) in [4.78, 5) is 12.1. The van der Waals surface area contributed by atoms with Crippen LogP contribution in [0.4, 0.5) is 4.39 Å². The predicted octanol–water partition coefficient (Wildman–Crippen LogP) is 4.81. The Morgan fingerprint density at radius 1 is 1.33 bits per heavy atom. The molecule has 1 aromatic heterocycles. The van der Waals surface area contributed by atoms with Crippen LogP contribution in [0.25, 0.3) is 11.3 Å². The molecule has 3 aromatic rings. The zero-order valence-corrected chi connectivity index (χ0v) is 15.1. The van der Waals surface area contributed by atoms with Crippen LogP contribution in [0.15, 0.2) is 47.0 Å². The van der Waals surface area contributed by atoms with E-state index in [-0.39, 0.29) is 23.3 Å². The van der Waals surface area contributed by atoms with Gasteiger partial charge in [-0.1, -0.05) is 22.8 Å². The van der Waals surface area contributed by atoms with Gasteiger partial charge in [-0.3, -0.25) is 0 Å². The number of hydrogen-bond donors (Lipinski definition) is 0. The number of carbonyl (C=O) groups excluding carboxylic acids is 1. The number of fused-ring (bicyclic) bond motifs is 1. The van der Waals surface area contributed by atoms with E-state index in [0.717, 1.165) is 29.4 Å². The van der Waals surface area contributed by atoms with Crippen LogP contribution in [0.5, 0.6) is 5.75 Å². The molecule has 1 atom stereocenters. The second kappa shape index (κ2) is 7.04. The standard InChI is InChI=1S/C20H15ClFNO4/c1-11-7-13-8-12(5-6-17(13)26-11)18-9-14(23-27-18)10-25-20(24)19-15(21)3-2-4-16(19)22/h2-6,8-9,11H,7,10H2,1H3. The number of halogens is 2. The highest BCUT2D eigenvalue weighted by Gasteiger charge is 2.21. The van der Waals surface area contributed by atoms with Crippen molar-refractivity contribution in [3.63, 3.8) is 0 Å². The molecule has 0 spiro atoms.